The fourth-order valence-electron chi connectivity index (χ4n) is 2.23. The first-order valence-electron chi connectivity index (χ1n) is 6.06. The molecule has 19 heavy (non-hydrogen) atoms. The van der Waals surface area contributed by atoms with E-state index >= 15 is 0 Å². The molecule has 0 saturated carbocycles. The molecule has 0 atom stereocenters. The van der Waals surface area contributed by atoms with Gasteiger partial charge in [-0.15, -0.1) is 0 Å². The first-order chi connectivity index (χ1) is 9.06. The lowest BCUT2D eigenvalue weighted by atomic mass is 10.2. The lowest BCUT2D eigenvalue weighted by molar-refractivity contribution is 0.0944. The summed E-state index contributed by atoms with van der Waals surface area (Å²) < 4.78 is 29.9. The van der Waals surface area contributed by atoms with Crippen LogP contribution in [0.4, 0.5) is 0 Å². The van der Waals surface area contributed by atoms with E-state index in [2.05, 4.69) is 0 Å². The van der Waals surface area contributed by atoms with E-state index < -0.39 is 10.0 Å². The zero-order valence-corrected chi connectivity index (χ0v) is 11.0. The van der Waals surface area contributed by atoms with Gasteiger partial charge in [0, 0.05) is 11.9 Å². The molecule has 0 bridgehead atoms. The van der Waals surface area contributed by atoms with Gasteiger partial charge in [-0.3, -0.25) is 4.79 Å². The third-order valence-electron chi connectivity index (χ3n) is 3.22. The number of fused-ring (bicyclic) bond motifs is 1. The molecule has 1 aromatic heterocycles. The molecule has 0 aliphatic carbocycles. The highest BCUT2D eigenvalue weighted by atomic mass is 32.2. The molecule has 1 saturated heterocycles. The maximum absolute atomic E-state index is 12.1. The molecular formula is C13H13NO4S. The molecule has 5 nitrogen and oxygen atoms in total. The van der Waals surface area contributed by atoms with E-state index in [1.165, 1.54) is 4.31 Å². The van der Waals surface area contributed by atoms with Crippen LogP contribution < -0.4 is 0 Å². The predicted octanol–water partition coefficient (Wildman–Crippen LogP) is 1.65. The quantitative estimate of drug-likeness (QED) is 0.801. The first-order valence-corrected chi connectivity index (χ1v) is 7.67. The third-order valence-corrected chi connectivity index (χ3v) is 5.13. The van der Waals surface area contributed by atoms with E-state index in [9.17, 15) is 13.2 Å². The summed E-state index contributed by atoms with van der Waals surface area (Å²) in [6, 6.07) is 8.96. The van der Waals surface area contributed by atoms with Crippen molar-refractivity contribution in [3.63, 3.8) is 0 Å². The maximum Gasteiger partial charge on any atom is 0.214 e. The molecule has 1 aromatic carbocycles. The number of Topliss-reactive ketones (excluding diaryl/α,β-unsaturated/α-hetero) is 1. The van der Waals surface area contributed by atoms with Gasteiger partial charge in [-0.05, 0) is 18.6 Å². The lowest BCUT2D eigenvalue weighted by Gasteiger charge is -2.11. The highest BCUT2D eigenvalue weighted by Gasteiger charge is 2.30. The molecule has 0 unspecified atom stereocenters. The molecule has 0 N–H and O–H groups in total. The van der Waals surface area contributed by atoms with Crippen LogP contribution in [0.1, 0.15) is 17.0 Å². The van der Waals surface area contributed by atoms with Crippen molar-refractivity contribution in [3.8, 4) is 0 Å². The molecule has 2 heterocycles. The van der Waals surface area contributed by atoms with Gasteiger partial charge in [0.2, 0.25) is 15.8 Å². The summed E-state index contributed by atoms with van der Waals surface area (Å²) in [7, 11) is -3.25. The standard InChI is InChI=1S/C13H13NO4S/c15-11(9-14-6-3-7-19(14,16)17)13-8-10-4-1-2-5-12(10)18-13/h1-2,4-5,8H,3,6-7,9H2. The summed E-state index contributed by atoms with van der Waals surface area (Å²) >= 11 is 0. The average molecular weight is 279 g/mol. The molecule has 0 spiro atoms. The van der Waals surface area contributed by atoms with Gasteiger partial charge in [0.1, 0.15) is 5.58 Å². The Morgan fingerprint density at radius 1 is 1.32 bits per heavy atom. The molecule has 2 aromatic rings. The number of hydrogen-bond acceptors (Lipinski definition) is 4. The van der Waals surface area contributed by atoms with Gasteiger partial charge in [-0.2, -0.15) is 4.31 Å². The van der Waals surface area contributed by atoms with Gasteiger partial charge in [0.15, 0.2) is 5.76 Å². The molecule has 1 aliphatic rings. The Labute approximate surface area is 110 Å². The number of para-hydroxylation sites is 1. The van der Waals surface area contributed by atoms with Crippen molar-refractivity contribution in [1.82, 2.24) is 4.31 Å². The zero-order valence-electron chi connectivity index (χ0n) is 10.2. The van der Waals surface area contributed by atoms with Crippen molar-refractivity contribution in [3.05, 3.63) is 36.1 Å². The van der Waals surface area contributed by atoms with E-state index in [0.29, 0.717) is 18.5 Å². The molecule has 1 aliphatic heterocycles. The maximum atomic E-state index is 12.1. The van der Waals surface area contributed by atoms with Crippen molar-refractivity contribution in [2.45, 2.75) is 6.42 Å². The van der Waals surface area contributed by atoms with Crippen molar-refractivity contribution >= 4 is 26.8 Å². The lowest BCUT2D eigenvalue weighted by Crippen LogP contribution is -2.31. The summed E-state index contributed by atoms with van der Waals surface area (Å²) in [5.41, 5.74) is 0.634. The minimum Gasteiger partial charge on any atom is -0.453 e. The molecule has 100 valence electrons. The SMILES string of the molecule is O=C(CN1CCCS1(=O)=O)c1cc2ccccc2o1. The summed E-state index contributed by atoms with van der Waals surface area (Å²) in [5, 5.41) is 0.843. The number of carbonyl (C=O) groups excluding carboxylic acids is 1. The molecule has 6 heteroatoms. The predicted molar refractivity (Wildman–Crippen MR) is 70.5 cm³/mol. The second kappa shape index (κ2) is 4.47. The van der Waals surface area contributed by atoms with E-state index in [0.717, 1.165) is 5.39 Å². The van der Waals surface area contributed by atoms with Crippen molar-refractivity contribution in [1.29, 1.82) is 0 Å². The summed E-state index contributed by atoms with van der Waals surface area (Å²) in [6.07, 6.45) is 0.579. The Balaban J connectivity index is 1.84. The van der Waals surface area contributed by atoms with Crippen LogP contribution in [0.25, 0.3) is 11.0 Å². The van der Waals surface area contributed by atoms with Crippen LogP contribution in [-0.4, -0.2) is 37.3 Å². The number of rotatable bonds is 3. The van der Waals surface area contributed by atoms with Crippen molar-refractivity contribution < 1.29 is 17.6 Å². The average Bonchev–Trinajstić information content (AvgIpc) is 2.93. The number of hydrogen-bond donors (Lipinski definition) is 0. The Kier molecular flexibility index (Phi) is 2.91. The van der Waals surface area contributed by atoms with Gasteiger partial charge in [-0.25, -0.2) is 8.42 Å². The van der Waals surface area contributed by atoms with Gasteiger partial charge in [-0.1, -0.05) is 18.2 Å². The highest BCUT2D eigenvalue weighted by Crippen LogP contribution is 2.20. The van der Waals surface area contributed by atoms with Crippen LogP contribution in [-0.2, 0) is 10.0 Å². The minimum absolute atomic E-state index is 0.125. The van der Waals surface area contributed by atoms with E-state index in [4.69, 9.17) is 4.42 Å². The summed E-state index contributed by atoms with van der Waals surface area (Å²) in [4.78, 5) is 12.1. The largest absolute Gasteiger partial charge is 0.453 e. The number of carbonyl (C=O) groups is 1. The third kappa shape index (κ3) is 2.29. The van der Waals surface area contributed by atoms with Gasteiger partial charge < -0.3 is 4.42 Å². The van der Waals surface area contributed by atoms with Gasteiger partial charge >= 0.3 is 0 Å². The second-order valence-corrected chi connectivity index (χ2v) is 6.66. The Morgan fingerprint density at radius 3 is 2.79 bits per heavy atom. The fraction of sp³-hybridized carbons (Fsp3) is 0.308. The van der Waals surface area contributed by atoms with Crippen LogP contribution in [0.3, 0.4) is 0 Å². The van der Waals surface area contributed by atoms with Crippen LogP contribution in [0, 0.1) is 0 Å². The molecule has 3 rings (SSSR count). The topological polar surface area (TPSA) is 67.6 Å². The zero-order chi connectivity index (χ0) is 13.5. The number of ketones is 1. The van der Waals surface area contributed by atoms with E-state index in [-0.39, 0.29) is 23.8 Å². The first kappa shape index (κ1) is 12.4. The normalized spacial score (nSPS) is 18.9. The smallest absolute Gasteiger partial charge is 0.214 e. The number of sulfonamides is 1. The summed E-state index contributed by atoms with van der Waals surface area (Å²) in [5.74, 6) is 0.0328. The second-order valence-electron chi connectivity index (χ2n) is 4.57. The molecule has 0 amide bonds. The molecule has 0 radical (unpaired) electrons. The van der Waals surface area contributed by atoms with E-state index in [1.807, 2.05) is 18.2 Å². The fourth-order valence-corrected chi connectivity index (χ4v) is 3.70. The summed E-state index contributed by atoms with van der Waals surface area (Å²) in [6.45, 7) is 0.274. The van der Waals surface area contributed by atoms with Crippen LogP contribution in [0.2, 0.25) is 0 Å². The van der Waals surface area contributed by atoms with Crippen molar-refractivity contribution in [2.24, 2.45) is 0 Å². The number of furan rings is 1. The van der Waals surface area contributed by atoms with Crippen LogP contribution >= 0.6 is 0 Å². The van der Waals surface area contributed by atoms with Crippen LogP contribution in [0.5, 0.6) is 0 Å². The van der Waals surface area contributed by atoms with Crippen molar-refractivity contribution in [2.75, 3.05) is 18.8 Å². The Hall–Kier alpha value is -1.66. The number of benzene rings is 1. The van der Waals surface area contributed by atoms with Gasteiger partial charge in [0.25, 0.3) is 0 Å². The number of nitrogens with zero attached hydrogens (tertiary/aromatic N) is 1. The Morgan fingerprint density at radius 2 is 2.11 bits per heavy atom. The highest BCUT2D eigenvalue weighted by molar-refractivity contribution is 7.89. The minimum atomic E-state index is -3.25. The molecular weight excluding hydrogens is 266 g/mol. The van der Waals surface area contributed by atoms with Crippen LogP contribution in [0.15, 0.2) is 34.7 Å². The monoisotopic (exact) mass is 279 g/mol. The molecule has 1 fully saturated rings. The van der Waals surface area contributed by atoms with Gasteiger partial charge in [0.05, 0.1) is 12.3 Å². The Bertz CT molecular complexity index is 699. The van der Waals surface area contributed by atoms with E-state index in [1.54, 1.807) is 12.1 Å².